The molecule has 0 aliphatic heterocycles. The summed E-state index contributed by atoms with van der Waals surface area (Å²) in [5, 5.41) is 20.0. The number of carbonyl (C=O) groups excluding carboxylic acids is 1. The predicted molar refractivity (Wildman–Crippen MR) is 77.3 cm³/mol. The first-order valence-electron chi connectivity index (χ1n) is 5.89. The van der Waals surface area contributed by atoms with Crippen molar-refractivity contribution in [3.05, 3.63) is 29.8 Å². The van der Waals surface area contributed by atoms with Crippen LogP contribution in [-0.2, 0) is 9.59 Å². The van der Waals surface area contributed by atoms with E-state index in [0.29, 0.717) is 23.4 Å². The molecule has 6 nitrogen and oxygen atoms in total. The maximum Gasteiger partial charge on any atom is 0.320 e. The van der Waals surface area contributed by atoms with E-state index >= 15 is 0 Å². The fraction of sp³-hybridized carbons (Fsp3) is 0.308. The lowest BCUT2D eigenvalue weighted by atomic mass is 10.2. The number of hydrogen-bond acceptors (Lipinski definition) is 5. The second-order valence-electron chi connectivity index (χ2n) is 4.03. The average Bonchev–Trinajstić information content (AvgIpc) is 2.43. The smallest absolute Gasteiger partial charge is 0.320 e. The van der Waals surface area contributed by atoms with Crippen molar-refractivity contribution in [2.45, 2.75) is 12.5 Å². The molecule has 1 unspecified atom stereocenters. The molecule has 0 radical (unpaired) electrons. The van der Waals surface area contributed by atoms with Gasteiger partial charge in [0.05, 0.1) is 17.4 Å². The molecule has 0 aromatic heterocycles. The van der Waals surface area contributed by atoms with Gasteiger partial charge < -0.3 is 16.2 Å². The molecule has 20 heavy (non-hydrogen) atoms. The first kappa shape index (κ1) is 16.0. The number of amides is 1. The van der Waals surface area contributed by atoms with Crippen LogP contribution in [0.25, 0.3) is 0 Å². The third-order valence-corrected chi connectivity index (χ3v) is 3.39. The second-order valence-corrected chi connectivity index (χ2v) is 5.13. The van der Waals surface area contributed by atoms with Crippen molar-refractivity contribution in [1.29, 1.82) is 5.26 Å². The number of benzene rings is 1. The van der Waals surface area contributed by atoms with Crippen molar-refractivity contribution in [3.63, 3.8) is 0 Å². The zero-order valence-corrected chi connectivity index (χ0v) is 11.5. The van der Waals surface area contributed by atoms with E-state index in [-0.39, 0.29) is 11.7 Å². The number of carbonyl (C=O) groups is 2. The topological polar surface area (TPSA) is 116 Å². The molecule has 0 spiro atoms. The highest BCUT2D eigenvalue weighted by Gasteiger charge is 2.11. The standard InChI is InChI=1S/C13H15N3O3S/c14-7-9-2-1-3-10(6-9)16-12(17)8-20-5-4-11(15)13(18)19/h1-3,6,11H,4-5,8,15H2,(H,16,17)(H,18,19). The molecule has 1 aromatic rings. The van der Waals surface area contributed by atoms with Gasteiger partial charge in [-0.1, -0.05) is 6.07 Å². The number of nitriles is 1. The van der Waals surface area contributed by atoms with Crippen molar-refractivity contribution >= 4 is 29.3 Å². The third kappa shape index (κ3) is 5.73. The molecule has 1 atom stereocenters. The number of hydrogen-bond donors (Lipinski definition) is 3. The maximum absolute atomic E-state index is 11.6. The van der Waals surface area contributed by atoms with Gasteiger partial charge in [-0.05, 0) is 30.4 Å². The fourth-order valence-corrected chi connectivity index (χ4v) is 2.18. The van der Waals surface area contributed by atoms with E-state index in [1.807, 2.05) is 6.07 Å². The number of nitrogens with zero attached hydrogens (tertiary/aromatic N) is 1. The van der Waals surface area contributed by atoms with Gasteiger partial charge in [0.2, 0.25) is 5.91 Å². The molecule has 4 N–H and O–H groups in total. The van der Waals surface area contributed by atoms with Gasteiger partial charge in [-0.25, -0.2) is 0 Å². The number of rotatable bonds is 7. The van der Waals surface area contributed by atoms with Gasteiger partial charge in [-0.3, -0.25) is 9.59 Å². The number of carboxylic acids is 1. The summed E-state index contributed by atoms with van der Waals surface area (Å²) in [6.45, 7) is 0. The van der Waals surface area contributed by atoms with Crippen LogP contribution in [0.15, 0.2) is 24.3 Å². The first-order chi connectivity index (χ1) is 9.52. The summed E-state index contributed by atoms with van der Waals surface area (Å²) < 4.78 is 0. The molecular formula is C13H15N3O3S. The molecule has 0 fully saturated rings. The predicted octanol–water partition coefficient (Wildman–Crippen LogP) is 1.03. The summed E-state index contributed by atoms with van der Waals surface area (Å²) in [4.78, 5) is 22.1. The van der Waals surface area contributed by atoms with Gasteiger partial charge >= 0.3 is 5.97 Å². The monoisotopic (exact) mass is 293 g/mol. The Labute approximate surface area is 121 Å². The Morgan fingerprint density at radius 2 is 2.25 bits per heavy atom. The Kier molecular flexibility index (Phi) is 6.56. The number of thioether (sulfide) groups is 1. The van der Waals surface area contributed by atoms with Gasteiger partial charge in [0.1, 0.15) is 6.04 Å². The van der Waals surface area contributed by atoms with E-state index in [1.165, 1.54) is 11.8 Å². The van der Waals surface area contributed by atoms with Gasteiger partial charge in [0.15, 0.2) is 0 Å². The van der Waals surface area contributed by atoms with Crippen molar-refractivity contribution in [3.8, 4) is 6.07 Å². The molecule has 0 heterocycles. The lowest BCUT2D eigenvalue weighted by molar-refractivity contribution is -0.138. The SMILES string of the molecule is N#Cc1cccc(NC(=O)CSCCC(N)C(=O)O)c1. The highest BCUT2D eigenvalue weighted by molar-refractivity contribution is 7.99. The Morgan fingerprint density at radius 1 is 1.50 bits per heavy atom. The summed E-state index contributed by atoms with van der Waals surface area (Å²) in [5.41, 5.74) is 6.39. The number of nitrogens with one attached hydrogen (secondary N) is 1. The lowest BCUT2D eigenvalue weighted by Gasteiger charge is -2.07. The van der Waals surface area contributed by atoms with Crippen LogP contribution in [0.4, 0.5) is 5.69 Å². The van der Waals surface area contributed by atoms with E-state index in [0.717, 1.165) is 0 Å². The Bertz CT molecular complexity index is 528. The molecule has 0 aliphatic rings. The van der Waals surface area contributed by atoms with Crippen molar-refractivity contribution < 1.29 is 14.7 Å². The van der Waals surface area contributed by atoms with Crippen LogP contribution in [0.1, 0.15) is 12.0 Å². The normalized spacial score (nSPS) is 11.4. The van der Waals surface area contributed by atoms with Crippen molar-refractivity contribution in [2.75, 3.05) is 16.8 Å². The molecule has 7 heteroatoms. The number of carboxylic acid groups (broad SMARTS) is 1. The van der Waals surface area contributed by atoms with E-state index in [4.69, 9.17) is 16.1 Å². The van der Waals surface area contributed by atoms with Crippen molar-refractivity contribution in [2.24, 2.45) is 5.73 Å². The van der Waals surface area contributed by atoms with Crippen molar-refractivity contribution in [1.82, 2.24) is 0 Å². The summed E-state index contributed by atoms with van der Waals surface area (Å²) in [5.74, 6) is -0.528. The minimum atomic E-state index is -1.04. The lowest BCUT2D eigenvalue weighted by Crippen LogP contribution is -2.30. The zero-order valence-electron chi connectivity index (χ0n) is 10.7. The van der Waals surface area contributed by atoms with E-state index in [2.05, 4.69) is 5.32 Å². The molecule has 0 bridgehead atoms. The quantitative estimate of drug-likeness (QED) is 0.647. The van der Waals surface area contributed by atoms with Crippen LogP contribution in [-0.4, -0.2) is 34.5 Å². The molecule has 0 saturated heterocycles. The maximum atomic E-state index is 11.6. The van der Waals surface area contributed by atoms with Crippen LogP contribution in [0.3, 0.4) is 0 Å². The summed E-state index contributed by atoms with van der Waals surface area (Å²) in [7, 11) is 0. The number of anilines is 1. The Morgan fingerprint density at radius 3 is 2.90 bits per heavy atom. The number of nitrogens with two attached hydrogens (primary N) is 1. The molecule has 1 aromatic carbocycles. The van der Waals surface area contributed by atoms with Crippen LogP contribution in [0.2, 0.25) is 0 Å². The summed E-state index contributed by atoms with van der Waals surface area (Å²) in [6, 6.07) is 7.72. The molecule has 106 valence electrons. The van der Waals surface area contributed by atoms with E-state index in [1.54, 1.807) is 24.3 Å². The Hall–Kier alpha value is -2.04. The van der Waals surface area contributed by atoms with Crippen LogP contribution < -0.4 is 11.1 Å². The van der Waals surface area contributed by atoms with E-state index in [9.17, 15) is 9.59 Å². The summed E-state index contributed by atoms with van der Waals surface area (Å²) >= 11 is 1.32. The third-order valence-electron chi connectivity index (χ3n) is 2.40. The van der Waals surface area contributed by atoms with Crippen LogP contribution in [0.5, 0.6) is 0 Å². The highest BCUT2D eigenvalue weighted by Crippen LogP contribution is 2.11. The minimum Gasteiger partial charge on any atom is -0.480 e. The molecule has 0 aliphatic carbocycles. The largest absolute Gasteiger partial charge is 0.480 e. The highest BCUT2D eigenvalue weighted by atomic mass is 32.2. The second kappa shape index (κ2) is 8.19. The average molecular weight is 293 g/mol. The Balaban J connectivity index is 2.30. The zero-order chi connectivity index (χ0) is 15.0. The van der Waals surface area contributed by atoms with Gasteiger partial charge in [0, 0.05) is 5.69 Å². The molecule has 1 rings (SSSR count). The molecular weight excluding hydrogens is 278 g/mol. The number of aliphatic carboxylic acids is 1. The minimum absolute atomic E-state index is 0.200. The van der Waals surface area contributed by atoms with Gasteiger partial charge in [-0.15, -0.1) is 0 Å². The molecule has 1 amide bonds. The fourth-order valence-electron chi connectivity index (χ4n) is 1.36. The first-order valence-corrected chi connectivity index (χ1v) is 7.04. The molecule has 0 saturated carbocycles. The summed E-state index contributed by atoms with van der Waals surface area (Å²) in [6.07, 6.45) is 0.317. The van der Waals surface area contributed by atoms with E-state index < -0.39 is 12.0 Å². The van der Waals surface area contributed by atoms with Crippen LogP contribution in [0, 0.1) is 11.3 Å². The van der Waals surface area contributed by atoms with Gasteiger partial charge in [-0.2, -0.15) is 17.0 Å². The van der Waals surface area contributed by atoms with Gasteiger partial charge in [0.25, 0.3) is 0 Å². The van der Waals surface area contributed by atoms with Crippen LogP contribution >= 0.6 is 11.8 Å².